The second-order valence-corrected chi connectivity index (χ2v) is 8.35. The van der Waals surface area contributed by atoms with Crippen LogP contribution < -0.4 is 20.9 Å². The second kappa shape index (κ2) is 9.75. The number of anilines is 2. The molecule has 0 fully saturated rings. The minimum absolute atomic E-state index is 0.0337. The molecular formula is C24H23N5O4S. The van der Waals surface area contributed by atoms with Crippen LogP contribution in [-0.2, 0) is 18.3 Å². The molecule has 0 unspecified atom stereocenters. The van der Waals surface area contributed by atoms with Gasteiger partial charge in [0.05, 0.1) is 30.6 Å². The quantitative estimate of drug-likeness (QED) is 0.424. The van der Waals surface area contributed by atoms with E-state index in [2.05, 4.69) is 15.6 Å². The van der Waals surface area contributed by atoms with E-state index in [1.54, 1.807) is 55.4 Å². The van der Waals surface area contributed by atoms with Gasteiger partial charge in [-0.25, -0.2) is 9.67 Å². The summed E-state index contributed by atoms with van der Waals surface area (Å²) in [6, 6.07) is 15.9. The topological polar surface area (TPSA) is 107 Å². The number of benzene rings is 2. The normalized spacial score (nSPS) is 10.7. The molecule has 4 aromatic rings. The van der Waals surface area contributed by atoms with Gasteiger partial charge in [0, 0.05) is 18.0 Å². The third kappa shape index (κ3) is 4.76. The predicted molar refractivity (Wildman–Crippen MR) is 131 cm³/mol. The highest BCUT2D eigenvalue weighted by atomic mass is 32.1. The first-order valence-electron chi connectivity index (χ1n) is 10.4. The van der Waals surface area contributed by atoms with Crippen LogP contribution in [-0.4, -0.2) is 33.3 Å². The number of carbonyl (C=O) groups excluding carboxylic acids is 2. The van der Waals surface area contributed by atoms with Gasteiger partial charge in [-0.3, -0.25) is 24.4 Å². The van der Waals surface area contributed by atoms with Gasteiger partial charge in [-0.05, 0) is 43.3 Å². The molecule has 0 saturated heterocycles. The molecule has 0 aliphatic heterocycles. The Morgan fingerprint density at radius 1 is 1.06 bits per heavy atom. The Labute approximate surface area is 199 Å². The summed E-state index contributed by atoms with van der Waals surface area (Å²) >= 11 is 1.22. The number of thiazole rings is 1. The lowest BCUT2D eigenvalue weighted by molar-refractivity contribution is -0.115. The largest absolute Gasteiger partial charge is 0.497 e. The number of nitrogens with one attached hydrogen (secondary N) is 2. The average Bonchev–Trinajstić information content (AvgIpc) is 3.36. The smallest absolute Gasteiger partial charge is 0.295 e. The second-order valence-electron chi connectivity index (χ2n) is 7.49. The zero-order valence-electron chi connectivity index (χ0n) is 18.9. The van der Waals surface area contributed by atoms with E-state index in [1.807, 2.05) is 30.3 Å². The van der Waals surface area contributed by atoms with Crippen molar-refractivity contribution >= 4 is 34.0 Å². The Bertz CT molecular complexity index is 1390. The van der Waals surface area contributed by atoms with Crippen molar-refractivity contribution in [2.75, 3.05) is 17.7 Å². The molecule has 4 rings (SSSR count). The van der Waals surface area contributed by atoms with E-state index in [9.17, 15) is 14.4 Å². The molecule has 34 heavy (non-hydrogen) atoms. The van der Waals surface area contributed by atoms with Crippen molar-refractivity contribution in [3.8, 4) is 11.4 Å². The highest BCUT2D eigenvalue weighted by Gasteiger charge is 2.19. The van der Waals surface area contributed by atoms with Crippen LogP contribution in [0.25, 0.3) is 5.69 Å². The molecule has 2 aromatic heterocycles. The van der Waals surface area contributed by atoms with Gasteiger partial charge < -0.3 is 10.1 Å². The molecule has 10 heteroatoms. The summed E-state index contributed by atoms with van der Waals surface area (Å²) in [6.45, 7) is 1.77. The maximum absolute atomic E-state index is 13.0. The fourth-order valence-electron chi connectivity index (χ4n) is 3.42. The van der Waals surface area contributed by atoms with E-state index in [0.717, 1.165) is 0 Å². The zero-order valence-corrected chi connectivity index (χ0v) is 19.7. The predicted octanol–water partition coefficient (Wildman–Crippen LogP) is 3.38. The molecule has 2 heterocycles. The Kier molecular flexibility index (Phi) is 6.60. The molecule has 0 radical (unpaired) electrons. The summed E-state index contributed by atoms with van der Waals surface area (Å²) < 4.78 is 8.29. The number of hydrogen-bond donors (Lipinski definition) is 2. The van der Waals surface area contributed by atoms with Crippen LogP contribution in [0.4, 0.5) is 10.8 Å². The SMILES string of the molecule is COc1ccc(C(=O)Nc2nc(CC(=O)Nc3c(C)n(C)n(-c4ccccc4)c3=O)cs2)cc1. The molecule has 0 aliphatic rings. The van der Waals surface area contributed by atoms with E-state index >= 15 is 0 Å². The van der Waals surface area contributed by atoms with Crippen LogP contribution in [0.5, 0.6) is 5.75 Å². The molecule has 174 valence electrons. The van der Waals surface area contributed by atoms with Crippen LogP contribution in [0.15, 0.2) is 64.8 Å². The molecule has 0 atom stereocenters. The Morgan fingerprint density at radius 3 is 2.44 bits per heavy atom. The van der Waals surface area contributed by atoms with Gasteiger partial charge in [-0.1, -0.05) is 18.2 Å². The van der Waals surface area contributed by atoms with Crippen molar-refractivity contribution in [1.29, 1.82) is 0 Å². The fraction of sp³-hybridized carbons (Fsp3) is 0.167. The minimum atomic E-state index is -0.371. The first-order chi connectivity index (χ1) is 16.4. The number of nitrogens with zero attached hydrogens (tertiary/aromatic N) is 3. The maximum Gasteiger partial charge on any atom is 0.295 e. The number of aromatic nitrogens is 3. The lowest BCUT2D eigenvalue weighted by Gasteiger charge is -2.07. The van der Waals surface area contributed by atoms with Gasteiger partial charge in [0.25, 0.3) is 11.5 Å². The molecule has 2 amide bonds. The number of rotatable bonds is 7. The van der Waals surface area contributed by atoms with E-state index in [-0.39, 0.29) is 29.5 Å². The lowest BCUT2D eigenvalue weighted by Crippen LogP contribution is -2.23. The average molecular weight is 478 g/mol. The first-order valence-corrected chi connectivity index (χ1v) is 11.3. The molecule has 2 N–H and O–H groups in total. The van der Waals surface area contributed by atoms with Crippen LogP contribution >= 0.6 is 11.3 Å². The van der Waals surface area contributed by atoms with E-state index in [1.165, 1.54) is 16.0 Å². The molecule has 9 nitrogen and oxygen atoms in total. The maximum atomic E-state index is 13.0. The van der Waals surface area contributed by atoms with Gasteiger partial charge in [0.2, 0.25) is 5.91 Å². The first kappa shape index (κ1) is 23.0. The summed E-state index contributed by atoms with van der Waals surface area (Å²) in [5.41, 5.74) is 2.20. The number of ether oxygens (including phenoxy) is 1. The molecule has 0 saturated carbocycles. The summed E-state index contributed by atoms with van der Waals surface area (Å²) in [7, 11) is 3.32. The third-order valence-electron chi connectivity index (χ3n) is 5.28. The fourth-order valence-corrected chi connectivity index (χ4v) is 4.12. The van der Waals surface area contributed by atoms with Gasteiger partial charge in [-0.15, -0.1) is 11.3 Å². The minimum Gasteiger partial charge on any atom is -0.497 e. The number of amides is 2. The molecular weight excluding hydrogens is 454 g/mol. The summed E-state index contributed by atoms with van der Waals surface area (Å²) in [5.74, 6) is -0.0259. The number of para-hydroxylation sites is 1. The van der Waals surface area contributed by atoms with Crippen molar-refractivity contribution in [2.45, 2.75) is 13.3 Å². The molecule has 0 bridgehead atoms. The van der Waals surface area contributed by atoms with Crippen molar-refractivity contribution < 1.29 is 14.3 Å². The van der Waals surface area contributed by atoms with Crippen molar-refractivity contribution in [1.82, 2.24) is 14.3 Å². The number of hydrogen-bond acceptors (Lipinski definition) is 6. The van der Waals surface area contributed by atoms with Crippen molar-refractivity contribution in [3.05, 3.63) is 87.3 Å². The van der Waals surface area contributed by atoms with Gasteiger partial charge in [-0.2, -0.15) is 0 Å². The van der Waals surface area contributed by atoms with Gasteiger partial charge in [0.15, 0.2) is 5.13 Å². The highest BCUT2D eigenvalue weighted by Crippen LogP contribution is 2.19. The van der Waals surface area contributed by atoms with Crippen LogP contribution in [0.2, 0.25) is 0 Å². The Morgan fingerprint density at radius 2 is 1.76 bits per heavy atom. The number of methoxy groups -OCH3 is 1. The van der Waals surface area contributed by atoms with Gasteiger partial charge in [0.1, 0.15) is 11.4 Å². The van der Waals surface area contributed by atoms with Crippen LogP contribution in [0, 0.1) is 6.92 Å². The monoisotopic (exact) mass is 477 g/mol. The van der Waals surface area contributed by atoms with Crippen LogP contribution in [0.3, 0.4) is 0 Å². The van der Waals surface area contributed by atoms with E-state index < -0.39 is 0 Å². The highest BCUT2D eigenvalue weighted by molar-refractivity contribution is 7.14. The number of carbonyl (C=O) groups is 2. The van der Waals surface area contributed by atoms with Crippen molar-refractivity contribution in [2.24, 2.45) is 7.05 Å². The summed E-state index contributed by atoms with van der Waals surface area (Å²) in [5, 5.41) is 7.52. The Hall–Kier alpha value is -4.18. The standard InChI is InChI=1S/C24H23N5O4S/c1-15-21(23(32)29(28(15)2)18-7-5-4-6-8-18)26-20(30)13-17-14-34-24(25-17)27-22(31)16-9-11-19(33-3)12-10-16/h4-12,14H,13H2,1-3H3,(H,26,30)(H,25,27,31). The molecule has 0 spiro atoms. The van der Waals surface area contributed by atoms with Crippen LogP contribution in [0.1, 0.15) is 21.7 Å². The van der Waals surface area contributed by atoms with Crippen molar-refractivity contribution in [3.63, 3.8) is 0 Å². The molecule has 0 aliphatic carbocycles. The zero-order chi connectivity index (χ0) is 24.2. The summed E-state index contributed by atoms with van der Waals surface area (Å²) in [4.78, 5) is 42.3. The lowest BCUT2D eigenvalue weighted by atomic mass is 10.2. The third-order valence-corrected chi connectivity index (χ3v) is 6.09. The summed E-state index contributed by atoms with van der Waals surface area (Å²) in [6.07, 6.45) is -0.0337. The Balaban J connectivity index is 1.43. The van der Waals surface area contributed by atoms with Gasteiger partial charge >= 0.3 is 0 Å². The molecule has 2 aromatic carbocycles. The van der Waals surface area contributed by atoms with E-state index in [4.69, 9.17) is 4.74 Å². The van der Waals surface area contributed by atoms with E-state index in [0.29, 0.717) is 33.5 Å².